The number of nitrogens with two attached hydrogens (primary N) is 1. The number of primary amides is 1. The lowest BCUT2D eigenvalue weighted by molar-refractivity contribution is 0.0995. The van der Waals surface area contributed by atoms with Crippen LogP contribution < -0.4 is 11.0 Å². The van der Waals surface area contributed by atoms with Crippen molar-refractivity contribution in [2.45, 2.75) is 46.4 Å². The van der Waals surface area contributed by atoms with Crippen molar-refractivity contribution in [2.75, 3.05) is 0 Å². The van der Waals surface area contributed by atoms with Crippen molar-refractivity contribution in [1.82, 2.24) is 14.5 Å². The van der Waals surface area contributed by atoms with E-state index in [9.17, 15) is 9.36 Å². The van der Waals surface area contributed by atoms with E-state index in [1.54, 1.807) is 30.6 Å². The average Bonchev–Trinajstić information content (AvgIpc) is 3.03. The van der Waals surface area contributed by atoms with Crippen LogP contribution >= 0.6 is 7.60 Å². The van der Waals surface area contributed by atoms with Gasteiger partial charge in [0, 0.05) is 0 Å². The second-order valence-corrected chi connectivity index (χ2v) is 9.18. The normalized spacial score (nSPS) is 12.2. The zero-order valence-corrected chi connectivity index (χ0v) is 17.8. The summed E-state index contributed by atoms with van der Waals surface area (Å²) in [5, 5.41) is 0.508. The van der Waals surface area contributed by atoms with Crippen LogP contribution in [0.4, 0.5) is 0 Å². The van der Waals surface area contributed by atoms with E-state index in [-0.39, 0.29) is 17.9 Å². The van der Waals surface area contributed by atoms with Crippen molar-refractivity contribution >= 4 is 30.0 Å². The fraction of sp³-hybridized carbons (Fsp3) is 0.350. The molecule has 0 fully saturated rings. The molecule has 0 saturated heterocycles. The molecule has 3 aromatic rings. The van der Waals surface area contributed by atoms with E-state index in [1.165, 1.54) is 0 Å². The number of pyridine rings is 1. The van der Waals surface area contributed by atoms with Gasteiger partial charge in [-0.25, -0.2) is 9.97 Å². The smallest absolute Gasteiger partial charge is 0.361 e. The van der Waals surface area contributed by atoms with Gasteiger partial charge in [-0.15, -0.1) is 0 Å². The first-order valence-electron chi connectivity index (χ1n) is 9.36. The van der Waals surface area contributed by atoms with Gasteiger partial charge in [0.15, 0.2) is 5.65 Å². The van der Waals surface area contributed by atoms with Gasteiger partial charge < -0.3 is 19.3 Å². The lowest BCUT2D eigenvalue weighted by Gasteiger charge is -2.23. The highest BCUT2D eigenvalue weighted by Gasteiger charge is 2.30. The molecule has 9 heteroatoms. The third kappa shape index (κ3) is 4.90. The first-order chi connectivity index (χ1) is 13.7. The highest BCUT2D eigenvalue weighted by molar-refractivity contribution is 7.62. The fourth-order valence-electron chi connectivity index (χ4n) is 2.87. The highest BCUT2D eigenvalue weighted by Crippen LogP contribution is 2.49. The summed E-state index contributed by atoms with van der Waals surface area (Å²) in [4.78, 5) is 20.0. The first-order valence-corrected chi connectivity index (χ1v) is 10.9. The summed E-state index contributed by atoms with van der Waals surface area (Å²) in [6, 6.07) is 10.5. The SMILES string of the molecule is CC(C)OP(=O)(OC(C)C)c1ccc(Cn2cnc3ccc(C(N)=O)nc32)cc1. The number of rotatable bonds is 8. The molecule has 154 valence electrons. The number of aromatic nitrogens is 3. The third-order valence-electron chi connectivity index (χ3n) is 4.02. The number of benzene rings is 1. The van der Waals surface area contributed by atoms with E-state index in [4.69, 9.17) is 14.8 Å². The molecular weight excluding hydrogens is 391 g/mol. The van der Waals surface area contributed by atoms with E-state index < -0.39 is 13.5 Å². The lowest BCUT2D eigenvalue weighted by Crippen LogP contribution is -2.17. The molecule has 2 heterocycles. The van der Waals surface area contributed by atoms with Crippen molar-refractivity contribution in [3.8, 4) is 0 Å². The largest absolute Gasteiger partial charge is 0.364 e. The highest BCUT2D eigenvalue weighted by atomic mass is 31.2. The van der Waals surface area contributed by atoms with Gasteiger partial charge in [-0.3, -0.25) is 9.36 Å². The van der Waals surface area contributed by atoms with Crippen LogP contribution in [-0.2, 0) is 20.2 Å². The van der Waals surface area contributed by atoms with Crippen molar-refractivity contribution in [3.63, 3.8) is 0 Å². The van der Waals surface area contributed by atoms with Crippen molar-refractivity contribution in [2.24, 2.45) is 5.73 Å². The van der Waals surface area contributed by atoms with Gasteiger partial charge in [-0.1, -0.05) is 12.1 Å². The van der Waals surface area contributed by atoms with Crippen LogP contribution in [-0.4, -0.2) is 32.7 Å². The average molecular weight is 416 g/mol. The van der Waals surface area contributed by atoms with Crippen LogP contribution in [0.25, 0.3) is 11.2 Å². The molecule has 2 N–H and O–H groups in total. The van der Waals surface area contributed by atoms with Crippen LogP contribution in [0.1, 0.15) is 43.7 Å². The minimum Gasteiger partial charge on any atom is -0.364 e. The quantitative estimate of drug-likeness (QED) is 0.565. The lowest BCUT2D eigenvalue weighted by atomic mass is 10.2. The minimum absolute atomic E-state index is 0.187. The molecule has 0 bridgehead atoms. The Labute approximate surface area is 169 Å². The molecule has 0 spiro atoms. The Kier molecular flexibility index (Phi) is 6.17. The number of carbonyl (C=O) groups is 1. The number of hydrogen-bond acceptors (Lipinski definition) is 6. The predicted octanol–water partition coefficient (Wildman–Crippen LogP) is 3.25. The van der Waals surface area contributed by atoms with Gasteiger partial charge in [-0.05, 0) is 57.5 Å². The van der Waals surface area contributed by atoms with E-state index in [0.29, 0.717) is 23.0 Å². The number of carbonyl (C=O) groups excluding carboxylic acids is 1. The summed E-state index contributed by atoms with van der Waals surface area (Å²) in [7, 11) is -3.41. The Morgan fingerprint density at radius 3 is 2.24 bits per heavy atom. The molecule has 0 aliphatic heterocycles. The van der Waals surface area contributed by atoms with Crippen molar-refractivity contribution in [1.29, 1.82) is 0 Å². The predicted molar refractivity (Wildman–Crippen MR) is 111 cm³/mol. The molecule has 8 nitrogen and oxygen atoms in total. The summed E-state index contributed by atoms with van der Waals surface area (Å²) in [5.74, 6) is -0.588. The van der Waals surface area contributed by atoms with Gasteiger partial charge in [0.05, 0.1) is 30.4 Å². The summed E-state index contributed by atoms with van der Waals surface area (Å²) in [6.07, 6.45) is 1.19. The Morgan fingerprint density at radius 1 is 1.07 bits per heavy atom. The molecule has 2 aromatic heterocycles. The van der Waals surface area contributed by atoms with Gasteiger partial charge in [0.1, 0.15) is 11.2 Å². The van der Waals surface area contributed by atoms with Crippen molar-refractivity contribution in [3.05, 3.63) is 54.0 Å². The van der Waals surface area contributed by atoms with Gasteiger partial charge in [0.2, 0.25) is 0 Å². The maximum atomic E-state index is 13.2. The Morgan fingerprint density at radius 2 is 1.69 bits per heavy atom. The monoisotopic (exact) mass is 416 g/mol. The number of hydrogen-bond donors (Lipinski definition) is 1. The van der Waals surface area contributed by atoms with Crippen LogP contribution in [0.5, 0.6) is 0 Å². The maximum absolute atomic E-state index is 13.2. The molecule has 1 aromatic carbocycles. The maximum Gasteiger partial charge on any atom is 0.361 e. The summed E-state index contributed by atoms with van der Waals surface area (Å²) < 4.78 is 26.3. The molecule has 0 atom stereocenters. The first kappa shape index (κ1) is 21.2. The molecule has 1 amide bonds. The number of imidazole rings is 1. The van der Waals surface area contributed by atoms with Crippen LogP contribution in [0, 0.1) is 0 Å². The number of amides is 1. The Balaban J connectivity index is 1.87. The van der Waals surface area contributed by atoms with E-state index in [0.717, 1.165) is 5.56 Å². The summed E-state index contributed by atoms with van der Waals surface area (Å²) in [6.45, 7) is 7.77. The molecule has 0 aliphatic carbocycles. The summed E-state index contributed by atoms with van der Waals surface area (Å²) >= 11 is 0. The molecule has 0 unspecified atom stereocenters. The summed E-state index contributed by atoms with van der Waals surface area (Å²) in [5.41, 5.74) is 7.70. The van der Waals surface area contributed by atoms with Gasteiger partial charge >= 0.3 is 7.60 Å². The van der Waals surface area contributed by atoms with Gasteiger partial charge in [-0.2, -0.15) is 0 Å². The van der Waals surface area contributed by atoms with E-state index in [2.05, 4.69) is 9.97 Å². The van der Waals surface area contributed by atoms with Crippen LogP contribution in [0.2, 0.25) is 0 Å². The third-order valence-corrected chi connectivity index (χ3v) is 6.35. The second-order valence-electron chi connectivity index (χ2n) is 7.25. The van der Waals surface area contributed by atoms with E-state index >= 15 is 0 Å². The van der Waals surface area contributed by atoms with Gasteiger partial charge in [0.25, 0.3) is 5.91 Å². The van der Waals surface area contributed by atoms with Crippen LogP contribution in [0.3, 0.4) is 0 Å². The van der Waals surface area contributed by atoms with E-state index in [1.807, 2.05) is 44.4 Å². The molecule has 29 heavy (non-hydrogen) atoms. The Hall–Kier alpha value is -2.54. The standard InChI is InChI=1S/C20H25N4O4P/c1-13(2)27-29(26,28-14(3)4)16-7-5-15(6-8-16)11-24-12-22-18-10-9-17(19(21)25)23-20(18)24/h5-10,12-14H,11H2,1-4H3,(H2,21,25). The zero-order chi connectivity index (χ0) is 21.2. The minimum atomic E-state index is -3.41. The number of fused-ring (bicyclic) bond motifs is 1. The zero-order valence-electron chi connectivity index (χ0n) is 16.9. The molecular formula is C20H25N4O4P. The molecule has 0 radical (unpaired) electrons. The molecule has 0 saturated carbocycles. The number of nitrogens with zero attached hydrogens (tertiary/aromatic N) is 3. The molecule has 3 rings (SSSR count). The Bertz CT molecular complexity index is 1050. The topological polar surface area (TPSA) is 109 Å². The molecule has 0 aliphatic rings. The fourth-order valence-corrected chi connectivity index (χ4v) is 4.79. The second kappa shape index (κ2) is 8.45. The van der Waals surface area contributed by atoms with Crippen molar-refractivity contribution < 1.29 is 18.4 Å². The van der Waals surface area contributed by atoms with Crippen LogP contribution in [0.15, 0.2) is 42.7 Å².